The summed E-state index contributed by atoms with van der Waals surface area (Å²) in [5, 5.41) is 8.98. The highest BCUT2D eigenvalue weighted by Crippen LogP contribution is 2.17. The smallest absolute Gasteiger partial charge is 0.325 e. The van der Waals surface area contributed by atoms with Crippen LogP contribution in [-0.2, 0) is 9.53 Å². The molecule has 0 unspecified atom stereocenters. The number of nitrogens with zero attached hydrogens (tertiary/aromatic N) is 3. The molecular weight excluding hydrogens is 218 g/mol. The minimum atomic E-state index is -0.304. The fourth-order valence-electron chi connectivity index (χ4n) is 1.46. The van der Waals surface area contributed by atoms with Crippen LogP contribution >= 0.6 is 0 Å². The Morgan fingerprint density at radius 1 is 1.59 bits per heavy atom. The molecule has 0 aliphatic heterocycles. The van der Waals surface area contributed by atoms with E-state index in [4.69, 9.17) is 10.00 Å². The van der Waals surface area contributed by atoms with Crippen molar-refractivity contribution < 1.29 is 9.53 Å². The molecule has 0 spiro atoms. The molecule has 0 bridgehead atoms. The summed E-state index contributed by atoms with van der Waals surface area (Å²) >= 11 is 0. The van der Waals surface area contributed by atoms with Crippen LogP contribution < -0.4 is 4.90 Å². The lowest BCUT2D eigenvalue weighted by atomic mass is 10.2. The Kier molecular flexibility index (Phi) is 4.95. The zero-order valence-electron chi connectivity index (χ0n) is 10.0. The SMILES string of the molecule is CCOC(=O)CN(CC)c1cnccc1C#N. The van der Waals surface area contributed by atoms with E-state index in [9.17, 15) is 4.79 Å². The van der Waals surface area contributed by atoms with E-state index in [1.807, 2.05) is 6.92 Å². The largest absolute Gasteiger partial charge is 0.465 e. The van der Waals surface area contributed by atoms with Crippen molar-refractivity contribution in [2.45, 2.75) is 13.8 Å². The van der Waals surface area contributed by atoms with Gasteiger partial charge in [0.15, 0.2) is 0 Å². The normalized spacial score (nSPS) is 9.47. The summed E-state index contributed by atoms with van der Waals surface area (Å²) in [6.07, 6.45) is 3.14. The third-order valence-corrected chi connectivity index (χ3v) is 2.27. The molecular formula is C12H15N3O2. The molecule has 17 heavy (non-hydrogen) atoms. The van der Waals surface area contributed by atoms with Gasteiger partial charge in [0.25, 0.3) is 0 Å². The second-order valence-electron chi connectivity index (χ2n) is 3.32. The van der Waals surface area contributed by atoms with Crippen LogP contribution in [0.3, 0.4) is 0 Å². The van der Waals surface area contributed by atoms with E-state index in [1.54, 1.807) is 30.3 Å². The summed E-state index contributed by atoms with van der Waals surface area (Å²) in [5.74, 6) is -0.304. The van der Waals surface area contributed by atoms with Gasteiger partial charge in [0.05, 0.1) is 24.1 Å². The molecule has 90 valence electrons. The van der Waals surface area contributed by atoms with E-state index in [-0.39, 0.29) is 12.5 Å². The van der Waals surface area contributed by atoms with Crippen LogP contribution in [0.25, 0.3) is 0 Å². The van der Waals surface area contributed by atoms with Crippen molar-refractivity contribution in [2.24, 2.45) is 0 Å². The summed E-state index contributed by atoms with van der Waals surface area (Å²) in [5.41, 5.74) is 1.16. The quantitative estimate of drug-likeness (QED) is 0.718. The fourth-order valence-corrected chi connectivity index (χ4v) is 1.46. The maximum atomic E-state index is 11.4. The van der Waals surface area contributed by atoms with Gasteiger partial charge in [-0.1, -0.05) is 0 Å². The minimum Gasteiger partial charge on any atom is -0.465 e. The number of ether oxygens (including phenoxy) is 1. The van der Waals surface area contributed by atoms with Crippen molar-refractivity contribution in [1.82, 2.24) is 4.98 Å². The number of esters is 1. The number of pyridine rings is 1. The summed E-state index contributed by atoms with van der Waals surface area (Å²) in [6.45, 7) is 4.77. The number of hydrogen-bond donors (Lipinski definition) is 0. The van der Waals surface area contributed by atoms with Crippen LogP contribution in [0.4, 0.5) is 5.69 Å². The monoisotopic (exact) mass is 233 g/mol. The molecule has 0 saturated carbocycles. The highest BCUT2D eigenvalue weighted by molar-refractivity contribution is 5.76. The van der Waals surface area contributed by atoms with Gasteiger partial charge in [-0.3, -0.25) is 9.78 Å². The minimum absolute atomic E-state index is 0.130. The number of rotatable bonds is 5. The van der Waals surface area contributed by atoms with Crippen LogP contribution in [0.1, 0.15) is 19.4 Å². The molecule has 0 radical (unpaired) electrons. The first-order valence-corrected chi connectivity index (χ1v) is 5.47. The van der Waals surface area contributed by atoms with Gasteiger partial charge in [-0.25, -0.2) is 0 Å². The van der Waals surface area contributed by atoms with Crippen molar-refractivity contribution in [1.29, 1.82) is 5.26 Å². The molecule has 0 fully saturated rings. The molecule has 1 aromatic rings. The predicted octanol–water partition coefficient (Wildman–Crippen LogP) is 1.34. The number of anilines is 1. The van der Waals surface area contributed by atoms with E-state index < -0.39 is 0 Å². The molecule has 0 amide bonds. The van der Waals surface area contributed by atoms with Crippen molar-refractivity contribution in [3.63, 3.8) is 0 Å². The summed E-state index contributed by atoms with van der Waals surface area (Å²) in [6, 6.07) is 3.71. The molecule has 1 heterocycles. The van der Waals surface area contributed by atoms with Crippen molar-refractivity contribution in [3.05, 3.63) is 24.0 Å². The average molecular weight is 233 g/mol. The van der Waals surface area contributed by atoms with Gasteiger partial charge in [-0.15, -0.1) is 0 Å². The maximum Gasteiger partial charge on any atom is 0.325 e. The number of aromatic nitrogens is 1. The van der Waals surface area contributed by atoms with Crippen LogP contribution in [0.5, 0.6) is 0 Å². The van der Waals surface area contributed by atoms with Gasteiger partial charge < -0.3 is 9.64 Å². The zero-order valence-corrected chi connectivity index (χ0v) is 10.0. The Morgan fingerprint density at radius 2 is 2.35 bits per heavy atom. The molecule has 0 saturated heterocycles. The van der Waals surface area contributed by atoms with E-state index >= 15 is 0 Å². The number of likely N-dealkylation sites (N-methyl/N-ethyl adjacent to an activating group) is 1. The fraction of sp³-hybridized carbons (Fsp3) is 0.417. The molecule has 5 heteroatoms. The Hall–Kier alpha value is -2.09. The molecule has 5 nitrogen and oxygen atoms in total. The Balaban J connectivity index is 2.87. The standard InChI is InChI=1S/C12H15N3O2/c1-3-15(9-12(16)17-4-2)11-8-14-6-5-10(11)7-13/h5-6,8H,3-4,9H2,1-2H3. The van der Waals surface area contributed by atoms with E-state index in [2.05, 4.69) is 11.1 Å². The number of hydrogen-bond acceptors (Lipinski definition) is 5. The van der Waals surface area contributed by atoms with Gasteiger partial charge in [0, 0.05) is 12.7 Å². The molecule has 0 N–H and O–H groups in total. The highest BCUT2D eigenvalue weighted by atomic mass is 16.5. The van der Waals surface area contributed by atoms with Crippen LogP contribution in [-0.4, -0.2) is 30.6 Å². The van der Waals surface area contributed by atoms with Gasteiger partial charge in [-0.2, -0.15) is 5.26 Å². The molecule has 0 aliphatic rings. The van der Waals surface area contributed by atoms with E-state index in [0.717, 1.165) is 0 Å². The van der Waals surface area contributed by atoms with E-state index in [0.29, 0.717) is 24.4 Å². The molecule has 0 aromatic carbocycles. The lowest BCUT2D eigenvalue weighted by Crippen LogP contribution is -2.31. The summed E-state index contributed by atoms with van der Waals surface area (Å²) < 4.78 is 4.89. The molecule has 1 aromatic heterocycles. The first-order valence-electron chi connectivity index (χ1n) is 5.47. The third kappa shape index (κ3) is 3.45. The van der Waals surface area contributed by atoms with Crippen LogP contribution in [0.15, 0.2) is 18.5 Å². The Morgan fingerprint density at radius 3 is 2.94 bits per heavy atom. The second-order valence-corrected chi connectivity index (χ2v) is 3.32. The lowest BCUT2D eigenvalue weighted by Gasteiger charge is -2.22. The van der Waals surface area contributed by atoms with Gasteiger partial charge in [-0.05, 0) is 19.9 Å². The predicted molar refractivity (Wildman–Crippen MR) is 63.5 cm³/mol. The van der Waals surface area contributed by atoms with Gasteiger partial charge in [0.1, 0.15) is 12.6 Å². The molecule has 1 rings (SSSR count). The van der Waals surface area contributed by atoms with Crippen LogP contribution in [0.2, 0.25) is 0 Å². The third-order valence-electron chi connectivity index (χ3n) is 2.27. The van der Waals surface area contributed by atoms with Crippen molar-refractivity contribution in [2.75, 3.05) is 24.6 Å². The Labute approximate surface area is 101 Å². The number of carbonyl (C=O) groups excluding carboxylic acids is 1. The molecule has 0 aliphatic carbocycles. The maximum absolute atomic E-state index is 11.4. The first-order chi connectivity index (χ1) is 8.22. The summed E-state index contributed by atoms with van der Waals surface area (Å²) in [4.78, 5) is 17.2. The van der Waals surface area contributed by atoms with Gasteiger partial charge in [0.2, 0.25) is 0 Å². The number of carbonyl (C=O) groups is 1. The van der Waals surface area contributed by atoms with Gasteiger partial charge >= 0.3 is 5.97 Å². The molecule has 0 atom stereocenters. The summed E-state index contributed by atoms with van der Waals surface area (Å²) in [7, 11) is 0. The lowest BCUT2D eigenvalue weighted by molar-refractivity contribution is -0.141. The zero-order chi connectivity index (χ0) is 12.7. The number of nitriles is 1. The van der Waals surface area contributed by atoms with Crippen LogP contribution in [0, 0.1) is 11.3 Å². The average Bonchev–Trinajstić information content (AvgIpc) is 2.36. The second kappa shape index (κ2) is 6.48. The Bertz CT molecular complexity index is 426. The van der Waals surface area contributed by atoms with Crippen molar-refractivity contribution >= 4 is 11.7 Å². The van der Waals surface area contributed by atoms with E-state index in [1.165, 1.54) is 0 Å². The highest BCUT2D eigenvalue weighted by Gasteiger charge is 2.14. The topological polar surface area (TPSA) is 66.2 Å². The van der Waals surface area contributed by atoms with Crippen molar-refractivity contribution in [3.8, 4) is 6.07 Å². The first kappa shape index (κ1) is 13.0.